The number of nitrogens with zero attached hydrogens (tertiary/aromatic N) is 7. The van der Waals surface area contributed by atoms with Gasteiger partial charge < -0.3 is 29.8 Å². The van der Waals surface area contributed by atoms with E-state index in [0.717, 1.165) is 25.5 Å². The first-order chi connectivity index (χ1) is 20.1. The molecule has 6 rings (SSSR count). The number of alkyl halides is 2. The van der Waals surface area contributed by atoms with Crippen molar-refractivity contribution >= 4 is 34.5 Å². The molecule has 1 saturated heterocycles. The number of hydrogen-bond acceptors (Lipinski definition) is 9. The maximum Gasteiger partial charge on any atom is 0.272 e. The predicted octanol–water partition coefficient (Wildman–Crippen LogP) is 4.64. The lowest BCUT2D eigenvalue weighted by Crippen LogP contribution is -2.38. The molecule has 5 heterocycles. The molecular weight excluding hydrogens is 577 g/mol. The van der Waals surface area contributed by atoms with Crippen molar-refractivity contribution in [2.45, 2.75) is 51.8 Å². The number of benzene rings is 1. The van der Waals surface area contributed by atoms with Gasteiger partial charge in [0, 0.05) is 37.3 Å². The molecule has 0 amide bonds. The van der Waals surface area contributed by atoms with Crippen LogP contribution in [0.5, 0.6) is 5.88 Å². The molecule has 3 aromatic heterocycles. The Labute approximate surface area is 245 Å². The molecule has 0 radical (unpaired) electrons. The van der Waals surface area contributed by atoms with E-state index in [1.807, 2.05) is 24.5 Å². The summed E-state index contributed by atoms with van der Waals surface area (Å²) in [6.45, 7) is 6.83. The van der Waals surface area contributed by atoms with Gasteiger partial charge in [-0.05, 0) is 38.8 Å². The standard InChI is InChI=1S/C18H20ClFN6O.C9H12F2N2O2/c1-10(2)26-14-8-11(15-12(19)9-22-17(21)23-15)7-13(20)16(14)24-18(26)25-3-5-27-6-4-25;10-8(11)5-15-9-4-6-7(14)2-1-3-13(6)12-9/h7-10H,3-6H2,1-2H3,(H2,21,22,23);4,7-8,14H,1-3,5H2. The average molecular weight is 609 g/mol. The zero-order chi connectivity index (χ0) is 30.0. The molecular formula is C27H32ClF3N8O3. The van der Waals surface area contributed by atoms with Crippen molar-refractivity contribution in [3.63, 3.8) is 0 Å². The Morgan fingerprint density at radius 1 is 1.17 bits per heavy atom. The van der Waals surface area contributed by atoms with Gasteiger partial charge in [-0.3, -0.25) is 4.68 Å². The molecule has 2 aliphatic heterocycles. The van der Waals surface area contributed by atoms with Crippen molar-refractivity contribution in [1.82, 2.24) is 29.3 Å². The molecule has 0 bridgehead atoms. The number of hydrogen-bond donors (Lipinski definition) is 2. The molecule has 226 valence electrons. The minimum Gasteiger partial charge on any atom is -0.471 e. The quantitative estimate of drug-likeness (QED) is 0.321. The van der Waals surface area contributed by atoms with Crippen LogP contribution < -0.4 is 15.4 Å². The molecule has 3 N–H and O–H groups in total. The number of nitrogen functional groups attached to an aromatic ring is 1. The van der Waals surface area contributed by atoms with E-state index in [1.54, 1.807) is 4.68 Å². The summed E-state index contributed by atoms with van der Waals surface area (Å²) in [7, 11) is 0. The highest BCUT2D eigenvalue weighted by atomic mass is 35.5. The lowest BCUT2D eigenvalue weighted by molar-refractivity contribution is 0.0791. The van der Waals surface area contributed by atoms with Crippen LogP contribution in [-0.2, 0) is 11.3 Å². The normalized spacial score (nSPS) is 17.0. The maximum absolute atomic E-state index is 15.0. The number of ether oxygens (including phenoxy) is 2. The van der Waals surface area contributed by atoms with Gasteiger partial charge in [-0.25, -0.2) is 28.1 Å². The second-order valence-corrected chi connectivity index (χ2v) is 10.6. The van der Waals surface area contributed by atoms with Gasteiger partial charge in [0.25, 0.3) is 6.43 Å². The first-order valence-corrected chi connectivity index (χ1v) is 14.0. The van der Waals surface area contributed by atoms with Gasteiger partial charge in [-0.2, -0.15) is 0 Å². The van der Waals surface area contributed by atoms with Crippen molar-refractivity contribution in [2.75, 3.05) is 43.5 Å². The van der Waals surface area contributed by atoms with E-state index in [4.69, 9.17) is 26.8 Å². The number of aryl methyl sites for hydroxylation is 1. The van der Waals surface area contributed by atoms with Gasteiger partial charge in [0.1, 0.15) is 5.52 Å². The highest BCUT2D eigenvalue weighted by Gasteiger charge is 2.24. The minimum absolute atomic E-state index is 0.0845. The molecule has 0 saturated carbocycles. The Bertz CT molecular complexity index is 1540. The third-order valence-corrected chi connectivity index (χ3v) is 7.19. The smallest absolute Gasteiger partial charge is 0.272 e. The molecule has 1 atom stereocenters. The second-order valence-electron chi connectivity index (χ2n) is 10.2. The van der Waals surface area contributed by atoms with Crippen LogP contribution in [0.15, 0.2) is 24.4 Å². The number of aliphatic hydroxyl groups excluding tert-OH is 1. The zero-order valence-corrected chi connectivity index (χ0v) is 23.9. The molecule has 42 heavy (non-hydrogen) atoms. The largest absolute Gasteiger partial charge is 0.471 e. The molecule has 15 heteroatoms. The van der Waals surface area contributed by atoms with Crippen LogP contribution in [0.1, 0.15) is 44.5 Å². The van der Waals surface area contributed by atoms with Crippen LogP contribution in [0.3, 0.4) is 0 Å². The fourth-order valence-electron chi connectivity index (χ4n) is 5.01. The molecule has 0 aliphatic carbocycles. The molecule has 11 nitrogen and oxygen atoms in total. The van der Waals surface area contributed by atoms with Gasteiger partial charge in [-0.15, -0.1) is 5.10 Å². The lowest BCUT2D eigenvalue weighted by Gasteiger charge is -2.29. The fourth-order valence-corrected chi connectivity index (χ4v) is 5.21. The van der Waals surface area contributed by atoms with Crippen molar-refractivity contribution in [2.24, 2.45) is 0 Å². The summed E-state index contributed by atoms with van der Waals surface area (Å²) < 4.78 is 52.5. The summed E-state index contributed by atoms with van der Waals surface area (Å²) in [5.74, 6) is 0.560. The maximum atomic E-state index is 15.0. The Balaban J connectivity index is 0.000000199. The Morgan fingerprint density at radius 2 is 1.93 bits per heavy atom. The van der Waals surface area contributed by atoms with E-state index in [-0.39, 0.29) is 17.9 Å². The molecule has 0 spiro atoms. The molecule has 4 aromatic rings. The number of aliphatic hydroxyl groups is 1. The summed E-state index contributed by atoms with van der Waals surface area (Å²) in [6, 6.07) is 4.85. The summed E-state index contributed by atoms with van der Waals surface area (Å²) in [6.07, 6.45) is -0.131. The van der Waals surface area contributed by atoms with Crippen molar-refractivity contribution in [3.05, 3.63) is 40.9 Å². The first-order valence-electron chi connectivity index (χ1n) is 13.6. The number of anilines is 2. The first kappa shape index (κ1) is 29.9. The summed E-state index contributed by atoms with van der Waals surface area (Å²) in [4.78, 5) is 14.8. The van der Waals surface area contributed by atoms with E-state index in [0.29, 0.717) is 59.2 Å². The highest BCUT2D eigenvalue weighted by Crippen LogP contribution is 2.34. The van der Waals surface area contributed by atoms with Gasteiger partial charge in [0.15, 0.2) is 12.4 Å². The number of rotatable bonds is 6. The summed E-state index contributed by atoms with van der Waals surface area (Å²) in [5, 5.41) is 13.9. The molecule has 1 unspecified atom stereocenters. The average Bonchev–Trinajstić information content (AvgIpc) is 3.57. The Morgan fingerprint density at radius 3 is 2.62 bits per heavy atom. The van der Waals surface area contributed by atoms with E-state index < -0.39 is 25.0 Å². The number of nitrogens with two attached hydrogens (primary N) is 1. The highest BCUT2D eigenvalue weighted by molar-refractivity contribution is 6.33. The molecule has 1 fully saturated rings. The van der Waals surface area contributed by atoms with Crippen molar-refractivity contribution < 1.29 is 27.8 Å². The number of imidazole rings is 1. The van der Waals surface area contributed by atoms with E-state index in [1.165, 1.54) is 18.3 Å². The second kappa shape index (κ2) is 12.7. The fraction of sp³-hybridized carbons (Fsp3) is 0.481. The van der Waals surface area contributed by atoms with Crippen LogP contribution in [-0.4, -0.2) is 73.7 Å². The number of aromatic nitrogens is 6. The van der Waals surface area contributed by atoms with Crippen LogP contribution in [0, 0.1) is 5.82 Å². The van der Waals surface area contributed by atoms with Crippen LogP contribution in [0.25, 0.3) is 22.3 Å². The number of fused-ring (bicyclic) bond motifs is 2. The van der Waals surface area contributed by atoms with Gasteiger partial charge in [0.05, 0.1) is 47.4 Å². The van der Waals surface area contributed by atoms with E-state index in [2.05, 4.69) is 25.0 Å². The van der Waals surface area contributed by atoms with Crippen molar-refractivity contribution in [1.29, 1.82) is 0 Å². The summed E-state index contributed by atoms with van der Waals surface area (Å²) >= 11 is 6.22. The third kappa shape index (κ3) is 6.40. The van der Waals surface area contributed by atoms with Gasteiger partial charge in [0.2, 0.25) is 17.8 Å². The number of halogens is 4. The molecule has 1 aromatic carbocycles. The van der Waals surface area contributed by atoms with Crippen molar-refractivity contribution in [3.8, 4) is 17.1 Å². The van der Waals surface area contributed by atoms with E-state index in [9.17, 15) is 18.3 Å². The van der Waals surface area contributed by atoms with Gasteiger partial charge >= 0.3 is 0 Å². The monoisotopic (exact) mass is 608 g/mol. The Kier molecular flexibility index (Phi) is 9.04. The zero-order valence-electron chi connectivity index (χ0n) is 23.2. The van der Waals surface area contributed by atoms with Crippen LogP contribution in [0.2, 0.25) is 5.02 Å². The van der Waals surface area contributed by atoms with E-state index >= 15 is 0 Å². The third-order valence-electron chi connectivity index (χ3n) is 6.91. The number of morpholine rings is 1. The van der Waals surface area contributed by atoms with Crippen LogP contribution >= 0.6 is 11.6 Å². The minimum atomic E-state index is -2.51. The van der Waals surface area contributed by atoms with Gasteiger partial charge in [-0.1, -0.05) is 11.6 Å². The lowest BCUT2D eigenvalue weighted by atomic mass is 10.1. The molecule has 2 aliphatic rings. The SMILES string of the molecule is CC(C)n1c(N2CCOCC2)nc2c(F)cc(-c3nc(N)ncc3Cl)cc21.OC1CCCn2nc(OCC(F)F)cc21. The predicted molar refractivity (Wildman–Crippen MR) is 151 cm³/mol. The summed E-state index contributed by atoms with van der Waals surface area (Å²) in [5.41, 5.74) is 8.28. The van der Waals surface area contributed by atoms with Crippen LogP contribution in [0.4, 0.5) is 25.1 Å². The topological polar surface area (TPSA) is 129 Å². The Hall–Kier alpha value is -3.62.